The van der Waals surface area contributed by atoms with Gasteiger partial charge in [-0.3, -0.25) is 9.59 Å². The van der Waals surface area contributed by atoms with Crippen LogP contribution in [0.2, 0.25) is 0 Å². The van der Waals surface area contributed by atoms with E-state index in [4.69, 9.17) is 0 Å². The number of esters is 1. The number of hydrogen-bond donors (Lipinski definition) is 0. The zero-order chi connectivity index (χ0) is 13.0. The summed E-state index contributed by atoms with van der Waals surface area (Å²) in [6.45, 7) is 0.571. The Morgan fingerprint density at radius 2 is 2.11 bits per heavy atom. The summed E-state index contributed by atoms with van der Waals surface area (Å²) in [6.07, 6.45) is 1.55. The van der Waals surface area contributed by atoms with Gasteiger partial charge in [-0.25, -0.2) is 0 Å². The predicted molar refractivity (Wildman–Crippen MR) is 66.6 cm³/mol. The van der Waals surface area contributed by atoms with E-state index in [1.165, 1.54) is 7.11 Å². The number of benzene rings is 1. The molecule has 0 unspecified atom stereocenters. The predicted octanol–water partition coefficient (Wildman–Crippen LogP) is 1.74. The Morgan fingerprint density at radius 3 is 2.78 bits per heavy atom. The summed E-state index contributed by atoms with van der Waals surface area (Å²) >= 11 is 0. The third-order valence-corrected chi connectivity index (χ3v) is 3.28. The first-order chi connectivity index (χ1) is 8.70. The molecule has 0 saturated carbocycles. The van der Waals surface area contributed by atoms with Crippen molar-refractivity contribution in [3.05, 3.63) is 35.9 Å². The first kappa shape index (κ1) is 12.6. The highest BCUT2D eigenvalue weighted by Crippen LogP contribution is 2.24. The second-order valence-corrected chi connectivity index (χ2v) is 4.48. The van der Waals surface area contributed by atoms with Crippen LogP contribution in [0.3, 0.4) is 0 Å². The monoisotopic (exact) mass is 247 g/mol. The van der Waals surface area contributed by atoms with E-state index in [9.17, 15) is 9.59 Å². The van der Waals surface area contributed by atoms with Gasteiger partial charge in [0.05, 0.1) is 13.5 Å². The number of amides is 1. The van der Waals surface area contributed by atoms with Crippen LogP contribution < -0.4 is 0 Å². The van der Waals surface area contributed by atoms with Gasteiger partial charge in [0, 0.05) is 19.0 Å². The number of methoxy groups -OCH3 is 1. The number of carbonyl (C=O) groups excluding carboxylic acids is 2. The van der Waals surface area contributed by atoms with Crippen LogP contribution in [0.1, 0.15) is 24.8 Å². The van der Waals surface area contributed by atoms with Crippen molar-refractivity contribution in [3.8, 4) is 0 Å². The molecule has 1 fully saturated rings. The molecule has 1 heterocycles. The topological polar surface area (TPSA) is 46.6 Å². The van der Waals surface area contributed by atoms with E-state index < -0.39 is 0 Å². The highest BCUT2D eigenvalue weighted by atomic mass is 16.5. The van der Waals surface area contributed by atoms with Gasteiger partial charge in [0.2, 0.25) is 5.91 Å². The molecule has 0 radical (unpaired) electrons. The highest BCUT2D eigenvalue weighted by Gasteiger charge is 2.32. The Kier molecular flexibility index (Phi) is 3.97. The van der Waals surface area contributed by atoms with Crippen LogP contribution in [0.15, 0.2) is 30.3 Å². The summed E-state index contributed by atoms with van der Waals surface area (Å²) in [6, 6.07) is 9.80. The maximum Gasteiger partial charge on any atom is 0.307 e. The molecule has 0 aliphatic carbocycles. The summed E-state index contributed by atoms with van der Waals surface area (Å²) in [5, 5.41) is 0. The first-order valence-corrected chi connectivity index (χ1v) is 6.11. The molecule has 4 nitrogen and oxygen atoms in total. The van der Waals surface area contributed by atoms with Crippen LogP contribution in [-0.4, -0.2) is 29.9 Å². The molecule has 1 aromatic carbocycles. The maximum absolute atomic E-state index is 11.8. The normalized spacial score (nSPS) is 19.1. The molecule has 96 valence electrons. The van der Waals surface area contributed by atoms with Crippen molar-refractivity contribution >= 4 is 11.9 Å². The van der Waals surface area contributed by atoms with Gasteiger partial charge in [0.1, 0.15) is 0 Å². The smallest absolute Gasteiger partial charge is 0.307 e. The van der Waals surface area contributed by atoms with Gasteiger partial charge in [-0.15, -0.1) is 0 Å². The van der Waals surface area contributed by atoms with Crippen LogP contribution >= 0.6 is 0 Å². The zero-order valence-corrected chi connectivity index (χ0v) is 10.5. The van der Waals surface area contributed by atoms with E-state index in [1.807, 2.05) is 30.3 Å². The van der Waals surface area contributed by atoms with Crippen LogP contribution in [0.25, 0.3) is 0 Å². The van der Waals surface area contributed by atoms with E-state index in [2.05, 4.69) is 4.74 Å². The molecule has 18 heavy (non-hydrogen) atoms. The van der Waals surface area contributed by atoms with Gasteiger partial charge in [-0.2, -0.15) is 0 Å². The third-order valence-electron chi connectivity index (χ3n) is 3.28. The van der Waals surface area contributed by atoms with Gasteiger partial charge >= 0.3 is 5.97 Å². The Hall–Kier alpha value is -1.84. The van der Waals surface area contributed by atoms with E-state index in [-0.39, 0.29) is 24.3 Å². The fraction of sp³-hybridized carbons (Fsp3) is 0.429. The number of ether oxygens (including phenoxy) is 1. The molecular formula is C14H17NO3. The second-order valence-electron chi connectivity index (χ2n) is 4.48. The number of rotatable bonds is 4. The van der Waals surface area contributed by atoms with E-state index in [1.54, 1.807) is 4.90 Å². The molecule has 1 aromatic rings. The molecule has 4 heteroatoms. The number of nitrogens with zero attached hydrogens (tertiary/aromatic N) is 1. The average Bonchev–Trinajstić information content (AvgIpc) is 2.72. The van der Waals surface area contributed by atoms with Crippen LogP contribution in [0.4, 0.5) is 0 Å². The van der Waals surface area contributed by atoms with Crippen LogP contribution in [-0.2, 0) is 20.9 Å². The van der Waals surface area contributed by atoms with Crippen molar-refractivity contribution in [2.24, 2.45) is 0 Å². The summed E-state index contributed by atoms with van der Waals surface area (Å²) < 4.78 is 4.67. The van der Waals surface area contributed by atoms with Crippen molar-refractivity contribution in [3.63, 3.8) is 0 Å². The summed E-state index contributed by atoms with van der Waals surface area (Å²) in [5.41, 5.74) is 1.09. The minimum atomic E-state index is -0.257. The average molecular weight is 247 g/mol. The lowest BCUT2D eigenvalue weighted by molar-refractivity contribution is -0.142. The molecule has 2 rings (SSSR count). The second kappa shape index (κ2) is 5.67. The van der Waals surface area contributed by atoms with Crippen molar-refractivity contribution < 1.29 is 14.3 Å². The lowest BCUT2D eigenvalue weighted by Gasteiger charge is -2.24. The SMILES string of the molecule is COC(=O)C[C@@H]1CCC(=O)N1Cc1ccccc1. The zero-order valence-electron chi connectivity index (χ0n) is 10.5. The minimum absolute atomic E-state index is 0.0230. The summed E-state index contributed by atoms with van der Waals surface area (Å²) in [7, 11) is 1.38. The standard InChI is InChI=1S/C14H17NO3/c1-18-14(17)9-12-7-8-13(16)15(12)10-11-5-3-2-4-6-11/h2-6,12H,7-10H2,1H3/t12-/m0/s1. The lowest BCUT2D eigenvalue weighted by Crippen LogP contribution is -2.34. The summed E-state index contributed by atoms with van der Waals surface area (Å²) in [4.78, 5) is 24.9. The maximum atomic E-state index is 11.8. The molecule has 1 atom stereocenters. The number of hydrogen-bond acceptors (Lipinski definition) is 3. The largest absolute Gasteiger partial charge is 0.469 e. The number of likely N-dealkylation sites (tertiary alicyclic amines) is 1. The highest BCUT2D eigenvalue weighted by molar-refractivity contribution is 5.80. The molecule has 1 saturated heterocycles. The van der Waals surface area contributed by atoms with Crippen molar-refractivity contribution in [1.29, 1.82) is 0 Å². The lowest BCUT2D eigenvalue weighted by atomic mass is 10.1. The molecule has 1 aliphatic heterocycles. The quantitative estimate of drug-likeness (QED) is 0.761. The van der Waals surface area contributed by atoms with Crippen molar-refractivity contribution in [2.75, 3.05) is 7.11 Å². The molecule has 0 N–H and O–H groups in total. The van der Waals surface area contributed by atoms with Crippen molar-refractivity contribution in [1.82, 2.24) is 4.90 Å². The first-order valence-electron chi connectivity index (χ1n) is 6.11. The fourth-order valence-electron chi connectivity index (χ4n) is 2.28. The van der Waals surface area contributed by atoms with Gasteiger partial charge in [-0.1, -0.05) is 30.3 Å². The molecule has 0 aromatic heterocycles. The minimum Gasteiger partial charge on any atom is -0.469 e. The van der Waals surface area contributed by atoms with E-state index in [0.29, 0.717) is 13.0 Å². The van der Waals surface area contributed by atoms with Gasteiger partial charge in [0.15, 0.2) is 0 Å². The molecule has 1 aliphatic rings. The van der Waals surface area contributed by atoms with E-state index in [0.717, 1.165) is 12.0 Å². The van der Waals surface area contributed by atoms with E-state index >= 15 is 0 Å². The van der Waals surface area contributed by atoms with Crippen LogP contribution in [0.5, 0.6) is 0 Å². The van der Waals surface area contributed by atoms with Gasteiger partial charge in [0.25, 0.3) is 0 Å². The third kappa shape index (κ3) is 2.88. The van der Waals surface area contributed by atoms with Crippen LogP contribution in [0, 0.1) is 0 Å². The van der Waals surface area contributed by atoms with Crippen molar-refractivity contribution in [2.45, 2.75) is 31.8 Å². The Morgan fingerprint density at radius 1 is 1.39 bits per heavy atom. The Bertz CT molecular complexity index is 430. The number of carbonyl (C=O) groups is 2. The summed E-state index contributed by atoms with van der Waals surface area (Å²) in [5.74, 6) is -0.138. The van der Waals surface area contributed by atoms with Gasteiger partial charge < -0.3 is 9.64 Å². The Labute approximate surface area is 107 Å². The Balaban J connectivity index is 2.04. The molecule has 0 bridgehead atoms. The fourth-order valence-corrected chi connectivity index (χ4v) is 2.28. The molecule has 0 spiro atoms. The molecule has 1 amide bonds. The van der Waals surface area contributed by atoms with Gasteiger partial charge in [-0.05, 0) is 12.0 Å². The molecular weight excluding hydrogens is 230 g/mol.